The summed E-state index contributed by atoms with van der Waals surface area (Å²) in [5.41, 5.74) is 3.71. The van der Waals surface area contributed by atoms with Crippen LogP contribution in [0.15, 0.2) is 67.3 Å². The zero-order chi connectivity index (χ0) is 18.6. The molecule has 0 spiro atoms. The number of hydrogen-bond donors (Lipinski definition) is 0. The number of carbonyl (C=O) groups is 1. The molecule has 0 aliphatic carbocycles. The molecule has 27 heavy (non-hydrogen) atoms. The van der Waals surface area contributed by atoms with Gasteiger partial charge in [-0.1, -0.05) is 49.0 Å². The zero-order valence-corrected chi connectivity index (χ0v) is 15.2. The van der Waals surface area contributed by atoms with Gasteiger partial charge in [0.2, 0.25) is 5.91 Å². The van der Waals surface area contributed by atoms with Crippen LogP contribution in [0.25, 0.3) is 22.3 Å². The predicted molar refractivity (Wildman–Crippen MR) is 109 cm³/mol. The van der Waals surface area contributed by atoms with Crippen LogP contribution in [-0.2, 0) is 4.79 Å². The third-order valence-electron chi connectivity index (χ3n) is 4.88. The van der Waals surface area contributed by atoms with Crippen molar-refractivity contribution in [3.05, 3.63) is 67.3 Å². The molecule has 1 amide bonds. The smallest absolute Gasteiger partial charge is 0.246 e. The third-order valence-corrected chi connectivity index (χ3v) is 4.88. The first-order valence-corrected chi connectivity index (χ1v) is 9.25. The van der Waals surface area contributed by atoms with Crippen LogP contribution >= 0.6 is 0 Å². The summed E-state index contributed by atoms with van der Waals surface area (Å²) in [4.78, 5) is 26.0. The topological polar surface area (TPSA) is 49.3 Å². The zero-order valence-electron chi connectivity index (χ0n) is 15.2. The van der Waals surface area contributed by atoms with E-state index >= 15 is 0 Å². The second-order valence-electron chi connectivity index (χ2n) is 6.62. The van der Waals surface area contributed by atoms with Gasteiger partial charge in [0.1, 0.15) is 5.69 Å². The van der Waals surface area contributed by atoms with Crippen LogP contribution in [0.5, 0.6) is 0 Å². The highest BCUT2D eigenvalue weighted by atomic mass is 16.2. The minimum Gasteiger partial charge on any atom is -0.353 e. The molecule has 2 aromatic carbocycles. The number of carbonyl (C=O) groups excluding carboxylic acids is 1. The molecule has 1 aliphatic rings. The third kappa shape index (κ3) is 3.53. The van der Waals surface area contributed by atoms with Crippen LogP contribution < -0.4 is 4.90 Å². The van der Waals surface area contributed by atoms with Crippen molar-refractivity contribution in [2.75, 3.05) is 31.1 Å². The minimum absolute atomic E-state index is 0.00951. The van der Waals surface area contributed by atoms with Gasteiger partial charge < -0.3 is 9.80 Å². The monoisotopic (exact) mass is 358 g/mol. The van der Waals surface area contributed by atoms with Crippen LogP contribution in [0.4, 0.5) is 5.82 Å². The molecule has 0 unspecified atom stereocenters. The maximum atomic E-state index is 12.0. The Labute approximate surface area is 159 Å². The Hall–Kier alpha value is -3.21. The number of benzene rings is 2. The van der Waals surface area contributed by atoms with Crippen LogP contribution in [0.1, 0.15) is 6.42 Å². The van der Waals surface area contributed by atoms with Crippen molar-refractivity contribution in [2.24, 2.45) is 0 Å². The normalized spacial score (nSPS) is 14.8. The van der Waals surface area contributed by atoms with E-state index in [1.807, 2.05) is 47.4 Å². The lowest BCUT2D eigenvalue weighted by molar-refractivity contribution is -0.125. The number of aromatic nitrogens is 2. The van der Waals surface area contributed by atoms with Crippen molar-refractivity contribution < 1.29 is 4.79 Å². The maximum Gasteiger partial charge on any atom is 0.246 e. The molecule has 4 rings (SSSR count). The molecule has 0 bridgehead atoms. The van der Waals surface area contributed by atoms with Crippen molar-refractivity contribution in [1.29, 1.82) is 0 Å². The Bertz CT molecular complexity index is 970. The fourth-order valence-corrected chi connectivity index (χ4v) is 3.48. The van der Waals surface area contributed by atoms with Gasteiger partial charge in [0.15, 0.2) is 5.82 Å². The SMILES string of the molecule is C=CC(=O)N1CCCN(c2nc3ccccc3nc2-c2ccccc2)CC1. The second-order valence-corrected chi connectivity index (χ2v) is 6.62. The lowest BCUT2D eigenvalue weighted by Crippen LogP contribution is -2.34. The molecule has 1 fully saturated rings. The minimum atomic E-state index is -0.00951. The van der Waals surface area contributed by atoms with Gasteiger partial charge >= 0.3 is 0 Å². The highest BCUT2D eigenvalue weighted by Gasteiger charge is 2.22. The first-order chi connectivity index (χ1) is 13.3. The highest BCUT2D eigenvalue weighted by molar-refractivity contribution is 5.87. The number of anilines is 1. The van der Waals surface area contributed by atoms with E-state index in [4.69, 9.17) is 9.97 Å². The highest BCUT2D eigenvalue weighted by Crippen LogP contribution is 2.30. The fraction of sp³-hybridized carbons (Fsp3) is 0.227. The van der Waals surface area contributed by atoms with Crippen LogP contribution in [-0.4, -0.2) is 47.0 Å². The van der Waals surface area contributed by atoms with Gasteiger partial charge in [-0.2, -0.15) is 0 Å². The predicted octanol–water partition coefficient (Wildman–Crippen LogP) is 3.52. The van der Waals surface area contributed by atoms with Gasteiger partial charge in [0.05, 0.1) is 11.0 Å². The molecule has 2 heterocycles. The summed E-state index contributed by atoms with van der Waals surface area (Å²) in [5, 5.41) is 0. The number of hydrogen-bond acceptors (Lipinski definition) is 4. The first kappa shape index (κ1) is 17.2. The van der Waals surface area contributed by atoms with E-state index in [1.165, 1.54) is 6.08 Å². The largest absolute Gasteiger partial charge is 0.353 e. The molecular formula is C22H22N4O. The Kier molecular flexibility index (Phi) is 4.83. The first-order valence-electron chi connectivity index (χ1n) is 9.25. The molecule has 0 saturated carbocycles. The van der Waals surface area contributed by atoms with Crippen molar-refractivity contribution in [3.8, 4) is 11.3 Å². The summed E-state index contributed by atoms with van der Waals surface area (Å²) < 4.78 is 0. The molecule has 0 atom stereocenters. The summed E-state index contributed by atoms with van der Waals surface area (Å²) in [6.45, 7) is 6.57. The quantitative estimate of drug-likeness (QED) is 0.672. The van der Waals surface area contributed by atoms with E-state index in [0.717, 1.165) is 54.2 Å². The Morgan fingerprint density at radius 3 is 2.33 bits per heavy atom. The molecule has 3 aromatic rings. The number of rotatable bonds is 3. The van der Waals surface area contributed by atoms with Gasteiger partial charge in [-0.05, 0) is 24.6 Å². The summed E-state index contributed by atoms with van der Waals surface area (Å²) in [5.74, 6) is 0.873. The van der Waals surface area contributed by atoms with E-state index in [-0.39, 0.29) is 5.91 Å². The van der Waals surface area contributed by atoms with Crippen LogP contribution in [0, 0.1) is 0 Å². The molecule has 1 aliphatic heterocycles. The number of amides is 1. The molecule has 136 valence electrons. The van der Waals surface area contributed by atoms with Gasteiger partial charge in [-0.25, -0.2) is 9.97 Å². The van der Waals surface area contributed by atoms with Gasteiger partial charge in [0.25, 0.3) is 0 Å². The van der Waals surface area contributed by atoms with Crippen molar-refractivity contribution in [1.82, 2.24) is 14.9 Å². The molecule has 1 saturated heterocycles. The van der Waals surface area contributed by atoms with E-state index < -0.39 is 0 Å². The van der Waals surface area contributed by atoms with Crippen LogP contribution in [0.2, 0.25) is 0 Å². The van der Waals surface area contributed by atoms with E-state index in [0.29, 0.717) is 6.54 Å². The molecule has 5 nitrogen and oxygen atoms in total. The second kappa shape index (κ2) is 7.58. The van der Waals surface area contributed by atoms with Gasteiger partial charge in [-0.3, -0.25) is 4.79 Å². The van der Waals surface area contributed by atoms with E-state index in [9.17, 15) is 4.79 Å². The lowest BCUT2D eigenvalue weighted by Gasteiger charge is -2.24. The summed E-state index contributed by atoms with van der Waals surface area (Å²) in [7, 11) is 0. The van der Waals surface area contributed by atoms with Crippen molar-refractivity contribution in [3.63, 3.8) is 0 Å². The number of nitrogens with zero attached hydrogens (tertiary/aromatic N) is 4. The van der Waals surface area contributed by atoms with Gasteiger partial charge in [-0.15, -0.1) is 0 Å². The standard InChI is InChI=1S/C22H22N4O/c1-2-20(27)25-13-8-14-26(16-15-25)22-21(17-9-4-3-5-10-17)23-18-11-6-7-12-19(18)24-22/h2-7,9-12H,1,8,13-16H2. The maximum absolute atomic E-state index is 12.0. The number of fused-ring (bicyclic) bond motifs is 1. The van der Waals surface area contributed by atoms with E-state index in [2.05, 4.69) is 23.6 Å². The molecule has 1 aromatic heterocycles. The Morgan fingerprint density at radius 1 is 0.889 bits per heavy atom. The summed E-state index contributed by atoms with van der Waals surface area (Å²) in [6.07, 6.45) is 2.28. The van der Waals surface area contributed by atoms with Crippen molar-refractivity contribution in [2.45, 2.75) is 6.42 Å². The molecular weight excluding hydrogens is 336 g/mol. The Morgan fingerprint density at radius 2 is 1.59 bits per heavy atom. The molecule has 5 heteroatoms. The molecule has 0 N–H and O–H groups in total. The van der Waals surface area contributed by atoms with Crippen molar-refractivity contribution >= 4 is 22.8 Å². The lowest BCUT2D eigenvalue weighted by atomic mass is 10.1. The number of para-hydroxylation sites is 2. The fourth-order valence-electron chi connectivity index (χ4n) is 3.48. The van der Waals surface area contributed by atoms with Gasteiger partial charge in [0, 0.05) is 31.7 Å². The summed E-state index contributed by atoms with van der Waals surface area (Å²) >= 11 is 0. The average molecular weight is 358 g/mol. The van der Waals surface area contributed by atoms with E-state index in [1.54, 1.807) is 0 Å². The average Bonchev–Trinajstić information content (AvgIpc) is 2.99. The summed E-state index contributed by atoms with van der Waals surface area (Å²) in [6, 6.07) is 18.1. The Balaban J connectivity index is 1.75. The van der Waals surface area contributed by atoms with Crippen LogP contribution in [0.3, 0.4) is 0 Å². The molecule has 0 radical (unpaired) electrons.